The molecule has 2 heterocycles. The summed E-state index contributed by atoms with van der Waals surface area (Å²) < 4.78 is 0. The number of ketones is 1. The second-order valence-electron chi connectivity index (χ2n) is 9.50. The molecule has 1 aromatic heterocycles. The van der Waals surface area contributed by atoms with Gasteiger partial charge in [-0.05, 0) is 42.9 Å². The molecule has 2 amide bonds. The number of likely N-dealkylation sites (tertiary alicyclic amines) is 1. The maximum Gasteiger partial charge on any atom is 0.262 e. The largest absolute Gasteiger partial charge is 0.339 e. The fourth-order valence-corrected chi connectivity index (χ4v) is 7.09. The first kappa shape index (κ1) is 22.6. The number of hydrogen-bond donors (Lipinski definition) is 1. The predicted octanol–water partition coefficient (Wildman–Crippen LogP) is 4.89. The van der Waals surface area contributed by atoms with Gasteiger partial charge in [-0.15, -0.1) is 22.9 Å². The number of amides is 2. The fourth-order valence-electron chi connectivity index (χ4n) is 5.76. The van der Waals surface area contributed by atoms with Crippen LogP contribution in [0.5, 0.6) is 0 Å². The minimum atomic E-state index is -0.615. The van der Waals surface area contributed by atoms with Gasteiger partial charge in [-0.3, -0.25) is 14.4 Å². The van der Waals surface area contributed by atoms with Crippen molar-refractivity contribution in [1.29, 1.82) is 0 Å². The van der Waals surface area contributed by atoms with E-state index in [0.717, 1.165) is 49.0 Å². The molecule has 1 saturated heterocycles. The van der Waals surface area contributed by atoms with Crippen molar-refractivity contribution in [3.05, 3.63) is 47.3 Å². The van der Waals surface area contributed by atoms with Crippen molar-refractivity contribution in [3.63, 3.8) is 0 Å². The molecule has 1 N–H and O–H groups in total. The van der Waals surface area contributed by atoms with Gasteiger partial charge >= 0.3 is 0 Å². The van der Waals surface area contributed by atoms with Crippen LogP contribution in [0.15, 0.2) is 42.5 Å². The Bertz CT molecular complexity index is 1030. The third-order valence-corrected chi connectivity index (χ3v) is 9.07. The number of halogens is 1. The van der Waals surface area contributed by atoms with E-state index in [2.05, 4.69) is 5.32 Å². The number of carbonyl (C=O) groups is 3. The Labute approximate surface area is 203 Å². The van der Waals surface area contributed by atoms with E-state index < -0.39 is 12.1 Å². The molecule has 0 radical (unpaired) electrons. The predicted molar refractivity (Wildman–Crippen MR) is 130 cm³/mol. The summed E-state index contributed by atoms with van der Waals surface area (Å²) in [7, 11) is 0. The van der Waals surface area contributed by atoms with Crippen molar-refractivity contribution in [2.75, 3.05) is 6.54 Å². The van der Waals surface area contributed by atoms with Gasteiger partial charge in [-0.1, -0.05) is 49.6 Å². The van der Waals surface area contributed by atoms with Gasteiger partial charge in [0.1, 0.15) is 6.04 Å². The van der Waals surface area contributed by atoms with Crippen LogP contribution in [-0.4, -0.2) is 46.5 Å². The molecular weight excluding hydrogens is 456 g/mol. The number of alkyl halides is 1. The molecule has 7 heteroatoms. The summed E-state index contributed by atoms with van der Waals surface area (Å²) in [6, 6.07) is 12.7. The molecule has 2 aliphatic carbocycles. The van der Waals surface area contributed by atoms with Crippen LogP contribution in [0.2, 0.25) is 0 Å². The molecule has 2 saturated carbocycles. The minimum absolute atomic E-state index is 0.0385. The molecule has 5 rings (SSSR count). The summed E-state index contributed by atoms with van der Waals surface area (Å²) in [5.74, 6) is -0.119. The normalized spacial score (nSPS) is 26.3. The highest BCUT2D eigenvalue weighted by atomic mass is 35.5. The number of carbonyl (C=O) groups excluding carboxylic acids is 3. The first-order chi connectivity index (χ1) is 16.0. The Morgan fingerprint density at radius 1 is 1.03 bits per heavy atom. The number of Topliss-reactive ketones (excluding diaryl/α,β-unsaturated/α-hetero) is 1. The van der Waals surface area contributed by atoms with Crippen LogP contribution < -0.4 is 5.32 Å². The van der Waals surface area contributed by atoms with Crippen LogP contribution in [0.25, 0.3) is 10.4 Å². The number of fused-ring (bicyclic) bond motifs is 1. The number of rotatable bonds is 5. The van der Waals surface area contributed by atoms with Crippen LogP contribution in [0.3, 0.4) is 0 Å². The van der Waals surface area contributed by atoms with E-state index in [1.54, 1.807) is 4.90 Å². The fraction of sp³-hybridized carbons (Fsp3) is 0.500. The molecule has 3 fully saturated rings. The smallest absolute Gasteiger partial charge is 0.262 e. The molecule has 4 atom stereocenters. The monoisotopic (exact) mass is 484 g/mol. The highest BCUT2D eigenvalue weighted by Crippen LogP contribution is 2.40. The first-order valence-electron chi connectivity index (χ1n) is 12.0. The van der Waals surface area contributed by atoms with Gasteiger partial charge in [0.05, 0.1) is 16.3 Å². The first-order valence-corrected chi connectivity index (χ1v) is 13.2. The second-order valence-corrected chi connectivity index (χ2v) is 11.1. The van der Waals surface area contributed by atoms with Gasteiger partial charge in [-0.25, -0.2) is 0 Å². The Morgan fingerprint density at radius 2 is 1.79 bits per heavy atom. The Hall–Kier alpha value is -2.18. The Morgan fingerprint density at radius 3 is 2.55 bits per heavy atom. The number of nitrogens with one attached hydrogen (secondary N) is 1. The number of nitrogens with zero attached hydrogens (tertiary/aromatic N) is 1. The van der Waals surface area contributed by atoms with Crippen molar-refractivity contribution in [2.45, 2.75) is 62.4 Å². The average Bonchev–Trinajstić information content (AvgIpc) is 3.56. The lowest BCUT2D eigenvalue weighted by molar-refractivity contribution is -0.140. The number of benzene rings is 1. The van der Waals surface area contributed by atoms with E-state index >= 15 is 0 Å². The molecule has 0 bridgehead atoms. The van der Waals surface area contributed by atoms with Crippen molar-refractivity contribution < 1.29 is 14.4 Å². The zero-order chi connectivity index (χ0) is 22.9. The van der Waals surface area contributed by atoms with E-state index in [9.17, 15) is 14.4 Å². The van der Waals surface area contributed by atoms with Crippen LogP contribution in [0.4, 0.5) is 0 Å². The van der Waals surface area contributed by atoms with E-state index in [1.165, 1.54) is 11.3 Å². The standard InChI is InChI=1S/C26H29ClN2O3S/c27-19-15-29(24-18(19)11-12-20(24)30)26(32)23(17-9-5-2-6-10-17)28-25(31)22-14-13-21(33-22)16-7-3-1-4-8-16/h1,3-4,7-8,13-14,17-19,23-24H,2,5-6,9-12,15H2,(H,28,31)/t18-,19+,23+,24+/m1/s1. The van der Waals surface area contributed by atoms with Crippen LogP contribution in [-0.2, 0) is 9.59 Å². The van der Waals surface area contributed by atoms with E-state index in [4.69, 9.17) is 11.6 Å². The quantitative estimate of drug-likeness (QED) is 0.614. The van der Waals surface area contributed by atoms with Crippen molar-refractivity contribution in [1.82, 2.24) is 10.2 Å². The van der Waals surface area contributed by atoms with Gasteiger partial charge in [0, 0.05) is 23.8 Å². The van der Waals surface area contributed by atoms with Crippen molar-refractivity contribution in [3.8, 4) is 10.4 Å². The SMILES string of the molecule is O=C(N[C@H](C(=O)N1C[C@H](Cl)[C@H]2CCC(=O)[C@H]21)C1CCCCC1)c1ccc(-c2ccccc2)s1. The Kier molecular flexibility index (Phi) is 6.57. The highest BCUT2D eigenvalue weighted by Gasteiger charge is 2.52. The molecular formula is C26H29ClN2O3S. The summed E-state index contributed by atoms with van der Waals surface area (Å²) in [5, 5.41) is 2.88. The van der Waals surface area contributed by atoms with E-state index in [-0.39, 0.29) is 34.8 Å². The molecule has 174 valence electrons. The van der Waals surface area contributed by atoms with Crippen molar-refractivity contribution >= 4 is 40.5 Å². The molecule has 0 spiro atoms. The van der Waals surface area contributed by atoms with Gasteiger partial charge in [0.15, 0.2) is 5.78 Å². The summed E-state index contributed by atoms with van der Waals surface area (Å²) in [4.78, 5) is 42.9. The second kappa shape index (κ2) is 9.59. The summed E-state index contributed by atoms with van der Waals surface area (Å²) >= 11 is 7.97. The molecule has 2 aromatic rings. The summed E-state index contributed by atoms with van der Waals surface area (Å²) in [5.41, 5.74) is 1.07. The zero-order valence-electron chi connectivity index (χ0n) is 18.5. The van der Waals surface area contributed by atoms with Crippen LogP contribution in [0, 0.1) is 11.8 Å². The lowest BCUT2D eigenvalue weighted by Crippen LogP contribution is -2.55. The number of thiophene rings is 1. The van der Waals surface area contributed by atoms with Gasteiger partial charge < -0.3 is 10.2 Å². The topological polar surface area (TPSA) is 66.5 Å². The van der Waals surface area contributed by atoms with Gasteiger partial charge in [0.2, 0.25) is 5.91 Å². The minimum Gasteiger partial charge on any atom is -0.339 e. The van der Waals surface area contributed by atoms with Gasteiger partial charge in [0.25, 0.3) is 5.91 Å². The zero-order valence-corrected chi connectivity index (χ0v) is 20.1. The molecule has 33 heavy (non-hydrogen) atoms. The molecule has 1 aromatic carbocycles. The lowest BCUT2D eigenvalue weighted by atomic mass is 9.83. The molecule has 1 aliphatic heterocycles. The lowest BCUT2D eigenvalue weighted by Gasteiger charge is -2.34. The van der Waals surface area contributed by atoms with Gasteiger partial charge in [-0.2, -0.15) is 0 Å². The average molecular weight is 485 g/mol. The van der Waals surface area contributed by atoms with Crippen molar-refractivity contribution in [2.24, 2.45) is 11.8 Å². The molecule has 0 unspecified atom stereocenters. The maximum atomic E-state index is 13.8. The summed E-state index contributed by atoms with van der Waals surface area (Å²) in [6.45, 7) is 0.387. The third-order valence-electron chi connectivity index (χ3n) is 7.48. The summed E-state index contributed by atoms with van der Waals surface area (Å²) in [6.07, 6.45) is 6.34. The number of hydrogen-bond acceptors (Lipinski definition) is 4. The van der Waals surface area contributed by atoms with Crippen LogP contribution >= 0.6 is 22.9 Å². The molecule has 3 aliphatic rings. The van der Waals surface area contributed by atoms with Crippen LogP contribution in [0.1, 0.15) is 54.6 Å². The van der Waals surface area contributed by atoms with E-state index in [0.29, 0.717) is 17.8 Å². The maximum absolute atomic E-state index is 13.8. The third kappa shape index (κ3) is 4.47. The van der Waals surface area contributed by atoms with E-state index in [1.807, 2.05) is 42.5 Å². The highest BCUT2D eigenvalue weighted by molar-refractivity contribution is 7.17. The molecule has 5 nitrogen and oxygen atoms in total. The Balaban J connectivity index is 1.37.